The Labute approximate surface area is 149 Å². The molecule has 2 N–H and O–H groups in total. The van der Waals surface area contributed by atoms with Crippen LogP contribution in [0.4, 0.5) is 5.69 Å². The fraction of sp³-hybridized carbons (Fsp3) is 0.300. The Hall–Kier alpha value is -2.66. The van der Waals surface area contributed by atoms with Gasteiger partial charge in [-0.2, -0.15) is 0 Å². The van der Waals surface area contributed by atoms with Gasteiger partial charge in [-0.05, 0) is 63.8 Å². The van der Waals surface area contributed by atoms with Crippen molar-refractivity contribution >= 4 is 17.5 Å². The maximum atomic E-state index is 12.4. The third-order valence-electron chi connectivity index (χ3n) is 3.85. The molecule has 2 rings (SSSR count). The number of amides is 2. The minimum atomic E-state index is -0.225. The van der Waals surface area contributed by atoms with E-state index in [-0.39, 0.29) is 11.8 Å². The zero-order valence-electron chi connectivity index (χ0n) is 15.0. The van der Waals surface area contributed by atoms with Gasteiger partial charge in [-0.15, -0.1) is 0 Å². The SMILES string of the molecule is Cc1ccccc1NC(=O)c1cccc(C(=O)NCCCN(C)C)c1. The van der Waals surface area contributed by atoms with Gasteiger partial charge in [-0.1, -0.05) is 24.3 Å². The van der Waals surface area contributed by atoms with Crippen LogP contribution in [0.2, 0.25) is 0 Å². The number of carbonyl (C=O) groups excluding carboxylic acids is 2. The van der Waals surface area contributed by atoms with Crippen molar-refractivity contribution in [2.75, 3.05) is 32.5 Å². The molecule has 0 spiro atoms. The lowest BCUT2D eigenvalue weighted by molar-refractivity contribution is 0.0952. The summed E-state index contributed by atoms with van der Waals surface area (Å²) in [6.45, 7) is 3.46. The lowest BCUT2D eigenvalue weighted by Crippen LogP contribution is -2.27. The molecule has 132 valence electrons. The normalized spacial score (nSPS) is 10.6. The zero-order valence-corrected chi connectivity index (χ0v) is 15.0. The summed E-state index contributed by atoms with van der Waals surface area (Å²) in [6.07, 6.45) is 0.881. The van der Waals surface area contributed by atoms with E-state index in [0.717, 1.165) is 24.2 Å². The lowest BCUT2D eigenvalue weighted by Gasteiger charge is -2.11. The molecule has 25 heavy (non-hydrogen) atoms. The summed E-state index contributed by atoms with van der Waals surface area (Å²) < 4.78 is 0. The Bertz CT molecular complexity index is 741. The molecule has 0 saturated heterocycles. The van der Waals surface area contributed by atoms with Crippen molar-refractivity contribution in [3.8, 4) is 0 Å². The van der Waals surface area contributed by atoms with Gasteiger partial charge < -0.3 is 15.5 Å². The van der Waals surface area contributed by atoms with Crippen LogP contribution in [0.1, 0.15) is 32.7 Å². The molecule has 0 aliphatic carbocycles. The number of nitrogens with one attached hydrogen (secondary N) is 2. The number of rotatable bonds is 7. The van der Waals surface area contributed by atoms with E-state index in [4.69, 9.17) is 0 Å². The molecule has 2 aromatic rings. The number of hydrogen-bond acceptors (Lipinski definition) is 3. The van der Waals surface area contributed by atoms with E-state index >= 15 is 0 Å². The average molecular weight is 339 g/mol. The topological polar surface area (TPSA) is 61.4 Å². The molecule has 0 unspecified atom stereocenters. The number of carbonyl (C=O) groups is 2. The van der Waals surface area contributed by atoms with Crippen molar-refractivity contribution in [2.45, 2.75) is 13.3 Å². The molecule has 0 saturated carbocycles. The van der Waals surface area contributed by atoms with Crippen LogP contribution in [0.5, 0.6) is 0 Å². The number of nitrogens with zero attached hydrogens (tertiary/aromatic N) is 1. The second-order valence-electron chi connectivity index (χ2n) is 6.26. The van der Waals surface area contributed by atoms with Crippen molar-refractivity contribution < 1.29 is 9.59 Å². The van der Waals surface area contributed by atoms with Crippen LogP contribution in [0.3, 0.4) is 0 Å². The van der Waals surface area contributed by atoms with Crippen molar-refractivity contribution in [1.82, 2.24) is 10.2 Å². The van der Waals surface area contributed by atoms with E-state index in [1.165, 1.54) is 0 Å². The highest BCUT2D eigenvalue weighted by atomic mass is 16.2. The van der Waals surface area contributed by atoms with Gasteiger partial charge in [-0.25, -0.2) is 0 Å². The Morgan fingerprint density at radius 1 is 0.960 bits per heavy atom. The summed E-state index contributed by atoms with van der Waals surface area (Å²) in [5.74, 6) is -0.388. The smallest absolute Gasteiger partial charge is 0.255 e. The lowest BCUT2D eigenvalue weighted by atomic mass is 10.1. The van der Waals surface area contributed by atoms with Crippen LogP contribution < -0.4 is 10.6 Å². The standard InChI is InChI=1S/C20H25N3O2/c1-15-8-4-5-11-18(15)22-20(25)17-10-6-9-16(14-17)19(24)21-12-7-13-23(2)3/h4-6,8-11,14H,7,12-13H2,1-3H3,(H,21,24)(H,22,25). The predicted octanol–water partition coefficient (Wildman–Crippen LogP) is 2.93. The van der Waals surface area contributed by atoms with Crippen molar-refractivity contribution in [3.63, 3.8) is 0 Å². The molecule has 0 radical (unpaired) electrons. The van der Waals surface area contributed by atoms with Gasteiger partial charge in [0.1, 0.15) is 0 Å². The predicted molar refractivity (Wildman–Crippen MR) is 101 cm³/mol. The van der Waals surface area contributed by atoms with Gasteiger partial charge >= 0.3 is 0 Å². The number of hydrogen-bond donors (Lipinski definition) is 2. The first-order chi connectivity index (χ1) is 12.0. The first kappa shape index (κ1) is 18.7. The Balaban J connectivity index is 1.99. The van der Waals surface area contributed by atoms with Gasteiger partial charge in [0.15, 0.2) is 0 Å². The van der Waals surface area contributed by atoms with E-state index in [1.54, 1.807) is 24.3 Å². The van der Waals surface area contributed by atoms with Crippen molar-refractivity contribution in [2.24, 2.45) is 0 Å². The highest BCUT2D eigenvalue weighted by Gasteiger charge is 2.11. The maximum absolute atomic E-state index is 12.4. The second-order valence-corrected chi connectivity index (χ2v) is 6.26. The molecule has 0 aromatic heterocycles. The fourth-order valence-corrected chi connectivity index (χ4v) is 2.41. The van der Waals surface area contributed by atoms with E-state index in [9.17, 15) is 9.59 Å². The van der Waals surface area contributed by atoms with E-state index < -0.39 is 0 Å². The fourth-order valence-electron chi connectivity index (χ4n) is 2.41. The molecule has 5 nitrogen and oxygen atoms in total. The molecule has 0 fully saturated rings. The minimum Gasteiger partial charge on any atom is -0.352 e. The molecule has 0 atom stereocenters. The molecule has 2 aromatic carbocycles. The molecule has 0 aliphatic rings. The largest absolute Gasteiger partial charge is 0.352 e. The maximum Gasteiger partial charge on any atom is 0.255 e. The van der Waals surface area contributed by atoms with Gasteiger partial charge in [0.25, 0.3) is 11.8 Å². The summed E-state index contributed by atoms with van der Waals surface area (Å²) in [6, 6.07) is 14.4. The first-order valence-corrected chi connectivity index (χ1v) is 8.37. The minimum absolute atomic E-state index is 0.163. The zero-order chi connectivity index (χ0) is 18.2. The van der Waals surface area contributed by atoms with Crippen LogP contribution >= 0.6 is 0 Å². The van der Waals surface area contributed by atoms with Gasteiger partial charge in [0, 0.05) is 23.4 Å². The molecule has 5 heteroatoms. The summed E-state index contributed by atoms with van der Waals surface area (Å²) in [5, 5.41) is 5.76. The van der Waals surface area contributed by atoms with Crippen LogP contribution in [0.15, 0.2) is 48.5 Å². The number of aryl methyl sites for hydroxylation is 1. The van der Waals surface area contributed by atoms with Crippen LogP contribution in [-0.2, 0) is 0 Å². The third-order valence-corrected chi connectivity index (χ3v) is 3.85. The van der Waals surface area contributed by atoms with E-state index in [1.807, 2.05) is 45.3 Å². The molecule has 0 aliphatic heterocycles. The summed E-state index contributed by atoms with van der Waals surface area (Å²) in [7, 11) is 4.00. The van der Waals surface area contributed by atoms with Crippen LogP contribution in [0.25, 0.3) is 0 Å². The van der Waals surface area contributed by atoms with Gasteiger partial charge in [-0.3, -0.25) is 9.59 Å². The number of para-hydroxylation sites is 1. The monoisotopic (exact) mass is 339 g/mol. The molecule has 2 amide bonds. The van der Waals surface area contributed by atoms with E-state index in [2.05, 4.69) is 15.5 Å². The highest BCUT2D eigenvalue weighted by Crippen LogP contribution is 2.15. The summed E-state index contributed by atoms with van der Waals surface area (Å²) >= 11 is 0. The quantitative estimate of drug-likeness (QED) is 0.763. The van der Waals surface area contributed by atoms with Crippen molar-refractivity contribution in [1.29, 1.82) is 0 Å². The summed E-state index contributed by atoms with van der Waals surface area (Å²) in [5.41, 5.74) is 2.71. The Morgan fingerprint density at radius 3 is 2.32 bits per heavy atom. The molecule has 0 bridgehead atoms. The number of benzene rings is 2. The Morgan fingerprint density at radius 2 is 1.64 bits per heavy atom. The Kier molecular flexibility index (Phi) is 6.71. The van der Waals surface area contributed by atoms with E-state index in [0.29, 0.717) is 17.7 Å². The van der Waals surface area contributed by atoms with Crippen molar-refractivity contribution in [3.05, 3.63) is 65.2 Å². The average Bonchev–Trinajstić information content (AvgIpc) is 2.60. The highest BCUT2D eigenvalue weighted by molar-refractivity contribution is 6.06. The van der Waals surface area contributed by atoms with Gasteiger partial charge in [0.2, 0.25) is 0 Å². The number of anilines is 1. The summed E-state index contributed by atoms with van der Waals surface area (Å²) in [4.78, 5) is 26.7. The molecular formula is C20H25N3O2. The third kappa shape index (κ3) is 5.72. The molecule has 0 heterocycles. The van der Waals surface area contributed by atoms with Crippen LogP contribution in [-0.4, -0.2) is 43.9 Å². The second kappa shape index (κ2) is 8.99. The molecular weight excluding hydrogens is 314 g/mol. The van der Waals surface area contributed by atoms with Crippen LogP contribution in [0, 0.1) is 6.92 Å². The van der Waals surface area contributed by atoms with Gasteiger partial charge in [0.05, 0.1) is 0 Å². The first-order valence-electron chi connectivity index (χ1n) is 8.37.